The van der Waals surface area contributed by atoms with E-state index in [4.69, 9.17) is 10.1 Å². The molecular formula is C9H21N2O4P. The van der Waals surface area contributed by atoms with Crippen LogP contribution in [-0.4, -0.2) is 47.1 Å². The van der Waals surface area contributed by atoms with Crippen molar-refractivity contribution in [3.05, 3.63) is 12.7 Å². The van der Waals surface area contributed by atoms with E-state index in [2.05, 4.69) is 11.9 Å². The summed E-state index contributed by atoms with van der Waals surface area (Å²) in [6, 6.07) is 0. The quantitative estimate of drug-likeness (QED) is 0.282. The van der Waals surface area contributed by atoms with Crippen molar-refractivity contribution in [3.8, 4) is 0 Å². The molecule has 1 unspecified atom stereocenters. The van der Waals surface area contributed by atoms with Crippen LogP contribution in [0.4, 0.5) is 0 Å². The highest BCUT2D eigenvalue weighted by Gasteiger charge is 2.12. The molecule has 3 N–H and O–H groups in total. The molecule has 0 aromatic carbocycles. The maximum atomic E-state index is 11.0. The average Bonchev–Trinajstić information content (AvgIpc) is 2.19. The Hall–Kier alpha value is -0.680. The van der Waals surface area contributed by atoms with E-state index in [-0.39, 0.29) is 19.4 Å². The third-order valence-corrected chi connectivity index (χ3v) is 2.08. The minimum atomic E-state index is -3.15. The van der Waals surface area contributed by atoms with E-state index in [1.165, 1.54) is 12.7 Å². The lowest BCUT2D eigenvalue weighted by atomic mass is 10.5. The highest BCUT2D eigenvalue weighted by Crippen LogP contribution is 2.32. The first-order valence-electron chi connectivity index (χ1n) is 4.97. The van der Waals surface area contributed by atoms with Gasteiger partial charge in [0.1, 0.15) is 0 Å². The van der Waals surface area contributed by atoms with E-state index >= 15 is 0 Å². The molecule has 0 aromatic rings. The molecule has 16 heavy (non-hydrogen) atoms. The second kappa shape index (κ2) is 9.54. The van der Waals surface area contributed by atoms with Crippen molar-refractivity contribution in [2.45, 2.75) is 13.8 Å². The van der Waals surface area contributed by atoms with Crippen molar-refractivity contribution < 1.29 is 19.5 Å². The van der Waals surface area contributed by atoms with E-state index in [1.807, 2.05) is 13.8 Å². The number of nitrogens with one attached hydrogen (secondary N) is 1. The van der Waals surface area contributed by atoms with Crippen LogP contribution >= 0.6 is 7.37 Å². The molecule has 0 aromatic heterocycles. The summed E-state index contributed by atoms with van der Waals surface area (Å²) in [5.41, 5.74) is 0. The van der Waals surface area contributed by atoms with Gasteiger partial charge in [0, 0.05) is 6.66 Å². The standard InChI is InChI=1S/C7H15N2O4P.C2H6/c1-3-4-9(11)7(10)5-8-6-14(2,12)13;1-2/h3,8,11H,1,4-6H2,2H3,(H,12,13);1-2H3. The number of amides is 1. The zero-order valence-electron chi connectivity index (χ0n) is 10.0. The van der Waals surface area contributed by atoms with Crippen LogP contribution in [0.1, 0.15) is 13.8 Å². The number of hydrogen-bond donors (Lipinski definition) is 3. The van der Waals surface area contributed by atoms with E-state index in [9.17, 15) is 9.36 Å². The second-order valence-corrected chi connectivity index (χ2v) is 5.32. The molecule has 7 heteroatoms. The molecule has 0 aliphatic carbocycles. The summed E-state index contributed by atoms with van der Waals surface area (Å²) < 4.78 is 10.8. The van der Waals surface area contributed by atoms with Gasteiger partial charge in [-0.25, -0.2) is 5.06 Å². The highest BCUT2D eigenvalue weighted by atomic mass is 31.2. The molecule has 0 fully saturated rings. The predicted octanol–water partition coefficient (Wildman–Crippen LogP) is 0.864. The van der Waals surface area contributed by atoms with Gasteiger partial charge in [-0.05, 0) is 0 Å². The second-order valence-electron chi connectivity index (χ2n) is 2.90. The fourth-order valence-electron chi connectivity index (χ4n) is 0.686. The predicted molar refractivity (Wildman–Crippen MR) is 63.7 cm³/mol. The molecule has 1 atom stereocenters. The summed E-state index contributed by atoms with van der Waals surface area (Å²) in [4.78, 5) is 19.9. The Kier molecular flexibility index (Phi) is 10.6. The summed E-state index contributed by atoms with van der Waals surface area (Å²) in [5.74, 6) is -0.571. The third-order valence-electron chi connectivity index (χ3n) is 1.27. The SMILES string of the molecule is C=CCN(O)C(=O)CNCP(C)(=O)O.CC. The minimum Gasteiger partial charge on any atom is -0.344 e. The first kappa shape index (κ1) is 17.7. The minimum absolute atomic E-state index is 0.0312. The van der Waals surface area contributed by atoms with E-state index in [0.29, 0.717) is 5.06 Å². The van der Waals surface area contributed by atoms with Crippen molar-refractivity contribution in [3.63, 3.8) is 0 Å². The van der Waals surface area contributed by atoms with Crippen LogP contribution in [0.5, 0.6) is 0 Å². The first-order valence-corrected chi connectivity index (χ1v) is 7.26. The molecule has 6 nitrogen and oxygen atoms in total. The normalized spacial score (nSPS) is 13.1. The molecule has 0 saturated carbocycles. The van der Waals surface area contributed by atoms with Gasteiger partial charge in [-0.2, -0.15) is 0 Å². The lowest BCUT2D eigenvalue weighted by Crippen LogP contribution is -2.36. The van der Waals surface area contributed by atoms with E-state index < -0.39 is 13.3 Å². The summed E-state index contributed by atoms with van der Waals surface area (Å²) in [6.07, 6.45) is 1.22. The van der Waals surface area contributed by atoms with Gasteiger partial charge in [0.15, 0.2) is 0 Å². The van der Waals surface area contributed by atoms with E-state index in [1.54, 1.807) is 0 Å². The Balaban J connectivity index is 0. The smallest absolute Gasteiger partial charge is 0.260 e. The Morgan fingerprint density at radius 3 is 2.44 bits per heavy atom. The molecule has 1 amide bonds. The first-order chi connectivity index (χ1) is 7.37. The van der Waals surface area contributed by atoms with Gasteiger partial charge in [0.05, 0.1) is 19.4 Å². The van der Waals surface area contributed by atoms with Crippen molar-refractivity contribution in [2.24, 2.45) is 0 Å². The highest BCUT2D eigenvalue weighted by molar-refractivity contribution is 7.57. The van der Waals surface area contributed by atoms with Gasteiger partial charge >= 0.3 is 0 Å². The summed E-state index contributed by atoms with van der Waals surface area (Å²) in [5, 5.41) is 11.9. The molecule has 0 spiro atoms. The van der Waals surface area contributed by atoms with Crippen LogP contribution in [0.15, 0.2) is 12.7 Å². The van der Waals surface area contributed by atoms with Gasteiger partial charge in [-0.1, -0.05) is 19.9 Å². The van der Waals surface area contributed by atoms with Gasteiger partial charge in [0.25, 0.3) is 5.91 Å². The van der Waals surface area contributed by atoms with Crippen LogP contribution in [0.2, 0.25) is 0 Å². The summed E-state index contributed by atoms with van der Waals surface area (Å²) in [7, 11) is -3.15. The largest absolute Gasteiger partial charge is 0.344 e. The molecule has 0 aliphatic rings. The van der Waals surface area contributed by atoms with Crippen LogP contribution < -0.4 is 5.32 Å². The number of hydrogen-bond acceptors (Lipinski definition) is 4. The average molecular weight is 252 g/mol. The van der Waals surface area contributed by atoms with Crippen LogP contribution in [0.3, 0.4) is 0 Å². The topological polar surface area (TPSA) is 89.9 Å². The number of hydroxylamine groups is 2. The van der Waals surface area contributed by atoms with Gasteiger partial charge in [-0.3, -0.25) is 19.9 Å². The van der Waals surface area contributed by atoms with Crippen molar-refractivity contribution in [1.82, 2.24) is 10.4 Å². The number of carbonyl (C=O) groups excluding carboxylic acids is 1. The molecule has 0 heterocycles. The summed E-state index contributed by atoms with van der Waals surface area (Å²) >= 11 is 0. The fraction of sp³-hybridized carbons (Fsp3) is 0.667. The monoisotopic (exact) mass is 252 g/mol. The maximum Gasteiger partial charge on any atom is 0.260 e. The molecule has 0 radical (unpaired) electrons. The van der Waals surface area contributed by atoms with Crippen molar-refractivity contribution >= 4 is 13.3 Å². The number of rotatable bonds is 6. The molecule has 0 aliphatic heterocycles. The van der Waals surface area contributed by atoms with Crippen molar-refractivity contribution in [1.29, 1.82) is 0 Å². The van der Waals surface area contributed by atoms with Crippen LogP contribution in [0, 0.1) is 0 Å². The van der Waals surface area contributed by atoms with Gasteiger partial charge < -0.3 is 4.89 Å². The van der Waals surface area contributed by atoms with Gasteiger partial charge in [-0.15, -0.1) is 6.58 Å². The van der Waals surface area contributed by atoms with Crippen molar-refractivity contribution in [2.75, 3.05) is 26.0 Å². The molecule has 0 bridgehead atoms. The Morgan fingerprint density at radius 2 is 2.06 bits per heavy atom. The molecular weight excluding hydrogens is 231 g/mol. The number of carbonyl (C=O) groups is 1. The molecule has 0 saturated heterocycles. The lowest BCUT2D eigenvalue weighted by molar-refractivity contribution is -0.161. The zero-order chi connectivity index (χ0) is 13.2. The maximum absolute atomic E-state index is 11.0. The van der Waals surface area contributed by atoms with Gasteiger partial charge in [0.2, 0.25) is 7.37 Å². The van der Waals surface area contributed by atoms with Crippen LogP contribution in [-0.2, 0) is 9.36 Å². The molecule has 96 valence electrons. The fourth-order valence-corrected chi connectivity index (χ4v) is 1.21. The molecule has 0 rings (SSSR count). The lowest BCUT2D eigenvalue weighted by Gasteiger charge is -2.13. The Bertz CT molecular complexity index is 252. The Labute approximate surface area is 96.4 Å². The summed E-state index contributed by atoms with van der Waals surface area (Å²) in [6.45, 7) is 8.38. The third kappa shape index (κ3) is 11.4. The zero-order valence-corrected chi connectivity index (χ0v) is 10.9. The van der Waals surface area contributed by atoms with E-state index in [0.717, 1.165) is 0 Å². The van der Waals surface area contributed by atoms with Crippen LogP contribution in [0.25, 0.3) is 0 Å². The Morgan fingerprint density at radius 1 is 1.56 bits per heavy atom. The number of nitrogens with zero attached hydrogens (tertiary/aromatic N) is 1.